The Hall–Kier alpha value is -2.63. The van der Waals surface area contributed by atoms with Crippen LogP contribution in [0.15, 0.2) is 83.8 Å². The maximum atomic E-state index is 14.1. The van der Waals surface area contributed by atoms with E-state index >= 15 is 0 Å². The Bertz CT molecular complexity index is 1410. The van der Waals surface area contributed by atoms with Gasteiger partial charge in [0.1, 0.15) is 12.6 Å². The highest BCUT2D eigenvalue weighted by Gasteiger charge is 2.34. The van der Waals surface area contributed by atoms with Gasteiger partial charge in [-0.3, -0.25) is 13.9 Å². The fourth-order valence-electron chi connectivity index (χ4n) is 4.95. The predicted molar refractivity (Wildman–Crippen MR) is 167 cm³/mol. The number of carbonyl (C=O) groups excluding carboxylic acids is 2. The van der Waals surface area contributed by atoms with Crippen LogP contribution in [0.5, 0.6) is 0 Å². The lowest BCUT2D eigenvalue weighted by atomic mass is 10.1. The van der Waals surface area contributed by atoms with Crippen molar-refractivity contribution < 1.29 is 18.0 Å². The van der Waals surface area contributed by atoms with Crippen molar-refractivity contribution in [2.75, 3.05) is 10.8 Å². The minimum atomic E-state index is -4.09. The van der Waals surface area contributed by atoms with Crippen LogP contribution in [-0.2, 0) is 26.2 Å². The lowest BCUT2D eigenvalue weighted by Crippen LogP contribution is -2.53. The molecule has 1 fully saturated rings. The van der Waals surface area contributed by atoms with E-state index in [1.54, 1.807) is 54.6 Å². The number of nitrogens with zero attached hydrogens (tertiary/aromatic N) is 2. The highest BCUT2D eigenvalue weighted by molar-refractivity contribution is 14.1. The molecule has 1 aliphatic rings. The van der Waals surface area contributed by atoms with Crippen LogP contribution in [-0.4, -0.2) is 43.8 Å². The van der Waals surface area contributed by atoms with E-state index in [1.165, 1.54) is 17.0 Å². The molecule has 1 saturated carbocycles. The molecule has 10 heteroatoms. The van der Waals surface area contributed by atoms with Gasteiger partial charge in [-0.2, -0.15) is 0 Å². The fraction of sp³-hybridized carbons (Fsp3) is 0.333. The van der Waals surface area contributed by atoms with Gasteiger partial charge in [0.15, 0.2) is 0 Å². The molecule has 0 aliphatic heterocycles. The van der Waals surface area contributed by atoms with E-state index in [4.69, 9.17) is 11.6 Å². The number of rotatable bonds is 11. The van der Waals surface area contributed by atoms with Crippen LogP contribution in [0.1, 0.15) is 44.6 Å². The summed E-state index contributed by atoms with van der Waals surface area (Å²) in [5, 5.41) is 3.58. The summed E-state index contributed by atoms with van der Waals surface area (Å²) in [5.74, 6) is -0.729. The van der Waals surface area contributed by atoms with Crippen LogP contribution >= 0.6 is 34.2 Å². The standard InChI is InChI=1S/C30H33ClIN3O4S/c1-2-28(30(37)33-24-11-7-8-12-24)34(20-22-10-6-9-15-27(22)31)29(36)21-35(25-18-16-23(32)17-19-25)40(38,39)26-13-4-3-5-14-26/h3-6,9-10,13-19,24,28H,2,7-8,11-12,20-21H2,1H3,(H,33,37)/t28-/m0/s1. The van der Waals surface area contributed by atoms with Crippen molar-refractivity contribution in [1.82, 2.24) is 10.2 Å². The van der Waals surface area contributed by atoms with Crippen LogP contribution in [0.4, 0.5) is 5.69 Å². The molecule has 1 aliphatic carbocycles. The molecule has 212 valence electrons. The molecule has 0 radical (unpaired) electrons. The van der Waals surface area contributed by atoms with Gasteiger partial charge in [0.25, 0.3) is 10.0 Å². The third kappa shape index (κ3) is 7.36. The number of carbonyl (C=O) groups is 2. The molecule has 2 amide bonds. The SMILES string of the molecule is CC[C@@H](C(=O)NC1CCCC1)N(Cc1ccccc1Cl)C(=O)CN(c1ccc(I)cc1)S(=O)(=O)c1ccccc1. The lowest BCUT2D eigenvalue weighted by Gasteiger charge is -2.34. The number of nitrogens with one attached hydrogen (secondary N) is 1. The number of sulfonamides is 1. The van der Waals surface area contributed by atoms with E-state index in [2.05, 4.69) is 27.9 Å². The zero-order valence-electron chi connectivity index (χ0n) is 22.3. The van der Waals surface area contributed by atoms with Gasteiger partial charge in [-0.15, -0.1) is 0 Å². The van der Waals surface area contributed by atoms with Crippen LogP contribution in [0.3, 0.4) is 0 Å². The van der Waals surface area contributed by atoms with Crippen LogP contribution in [0, 0.1) is 3.57 Å². The summed E-state index contributed by atoms with van der Waals surface area (Å²) in [5.41, 5.74) is 1.04. The highest BCUT2D eigenvalue weighted by Crippen LogP contribution is 2.27. The van der Waals surface area contributed by atoms with Gasteiger partial charge in [0.05, 0.1) is 10.6 Å². The number of anilines is 1. The molecule has 0 unspecified atom stereocenters. The predicted octanol–water partition coefficient (Wildman–Crippen LogP) is 6.01. The second-order valence-corrected chi connectivity index (χ2v) is 13.3. The topological polar surface area (TPSA) is 86.8 Å². The Kier molecular flexibility index (Phi) is 10.5. The zero-order chi connectivity index (χ0) is 28.7. The van der Waals surface area contributed by atoms with E-state index in [1.807, 2.05) is 19.1 Å². The largest absolute Gasteiger partial charge is 0.352 e. The van der Waals surface area contributed by atoms with Gasteiger partial charge >= 0.3 is 0 Å². The second-order valence-electron chi connectivity index (χ2n) is 9.83. The normalized spacial score (nSPS) is 14.5. The minimum Gasteiger partial charge on any atom is -0.352 e. The molecule has 4 rings (SSSR count). The van der Waals surface area contributed by atoms with Crippen molar-refractivity contribution in [2.45, 2.75) is 62.6 Å². The molecule has 3 aromatic rings. The average molecular weight is 694 g/mol. The van der Waals surface area contributed by atoms with Crippen LogP contribution < -0.4 is 9.62 Å². The first-order valence-electron chi connectivity index (χ1n) is 13.4. The van der Waals surface area contributed by atoms with E-state index in [-0.39, 0.29) is 23.4 Å². The van der Waals surface area contributed by atoms with Crippen molar-refractivity contribution in [1.29, 1.82) is 0 Å². The molecule has 3 aromatic carbocycles. The van der Waals surface area contributed by atoms with Gasteiger partial charge in [-0.25, -0.2) is 8.42 Å². The highest BCUT2D eigenvalue weighted by atomic mass is 127. The maximum Gasteiger partial charge on any atom is 0.264 e. The Morgan fingerprint density at radius 2 is 1.60 bits per heavy atom. The zero-order valence-corrected chi connectivity index (χ0v) is 26.0. The molecule has 0 bridgehead atoms. The molecule has 0 spiro atoms. The number of amides is 2. The number of halogens is 2. The molecule has 1 N–H and O–H groups in total. The van der Waals surface area contributed by atoms with Crippen molar-refractivity contribution in [3.05, 3.63) is 93.0 Å². The van der Waals surface area contributed by atoms with Gasteiger partial charge in [0, 0.05) is 21.2 Å². The molecule has 40 heavy (non-hydrogen) atoms. The molecular weight excluding hydrogens is 661 g/mol. The van der Waals surface area contributed by atoms with Gasteiger partial charge < -0.3 is 10.2 Å². The first-order chi connectivity index (χ1) is 19.2. The van der Waals surface area contributed by atoms with Crippen molar-refractivity contribution in [3.8, 4) is 0 Å². The summed E-state index contributed by atoms with van der Waals surface area (Å²) in [6.45, 7) is 1.44. The maximum absolute atomic E-state index is 14.1. The molecule has 0 aromatic heterocycles. The Morgan fingerprint density at radius 3 is 2.23 bits per heavy atom. The summed E-state index contributed by atoms with van der Waals surface area (Å²) < 4.78 is 29.7. The van der Waals surface area contributed by atoms with Gasteiger partial charge in [-0.05, 0) is 89.9 Å². The quantitative estimate of drug-likeness (QED) is 0.250. The Morgan fingerprint density at radius 1 is 0.975 bits per heavy atom. The smallest absolute Gasteiger partial charge is 0.264 e. The third-order valence-corrected chi connectivity index (χ3v) is 9.99. The summed E-state index contributed by atoms with van der Waals surface area (Å²) in [6, 6.07) is 21.4. The molecule has 0 saturated heterocycles. The summed E-state index contributed by atoms with van der Waals surface area (Å²) in [4.78, 5) is 29.2. The first-order valence-corrected chi connectivity index (χ1v) is 16.3. The number of hydrogen-bond acceptors (Lipinski definition) is 4. The van der Waals surface area contributed by atoms with Gasteiger partial charge in [0.2, 0.25) is 11.8 Å². The minimum absolute atomic E-state index is 0.0704. The lowest BCUT2D eigenvalue weighted by molar-refractivity contribution is -0.140. The van der Waals surface area contributed by atoms with Crippen molar-refractivity contribution >= 4 is 61.7 Å². The summed E-state index contributed by atoms with van der Waals surface area (Å²) >= 11 is 8.61. The third-order valence-electron chi connectivity index (χ3n) is 7.11. The first kappa shape index (κ1) is 30.3. The van der Waals surface area contributed by atoms with Crippen molar-refractivity contribution in [3.63, 3.8) is 0 Å². The number of benzene rings is 3. The van der Waals surface area contributed by atoms with Gasteiger partial charge in [-0.1, -0.05) is 67.8 Å². The Labute approximate surface area is 255 Å². The second kappa shape index (κ2) is 13.8. The van der Waals surface area contributed by atoms with E-state index < -0.39 is 28.5 Å². The van der Waals surface area contributed by atoms with Crippen LogP contribution in [0.25, 0.3) is 0 Å². The average Bonchev–Trinajstić information content (AvgIpc) is 3.46. The monoisotopic (exact) mass is 693 g/mol. The molecular formula is C30H33ClIN3O4S. The summed E-state index contributed by atoms with van der Waals surface area (Å²) in [6.07, 6.45) is 4.31. The fourth-order valence-corrected chi connectivity index (χ4v) is 6.94. The molecule has 1 atom stereocenters. The molecule has 0 heterocycles. The van der Waals surface area contributed by atoms with E-state index in [0.29, 0.717) is 22.7 Å². The Balaban J connectivity index is 1.71. The van der Waals surface area contributed by atoms with E-state index in [0.717, 1.165) is 33.6 Å². The van der Waals surface area contributed by atoms with Crippen molar-refractivity contribution in [2.24, 2.45) is 0 Å². The number of hydrogen-bond donors (Lipinski definition) is 1. The molecule has 7 nitrogen and oxygen atoms in total. The van der Waals surface area contributed by atoms with E-state index in [9.17, 15) is 18.0 Å². The summed E-state index contributed by atoms with van der Waals surface area (Å²) in [7, 11) is -4.09. The van der Waals surface area contributed by atoms with Crippen LogP contribution in [0.2, 0.25) is 5.02 Å².